The molecule has 0 bridgehead atoms. The zero-order chi connectivity index (χ0) is 20.0. The van der Waals surface area contributed by atoms with E-state index >= 15 is 0 Å². The topological polar surface area (TPSA) is 116 Å². The van der Waals surface area contributed by atoms with Gasteiger partial charge in [0, 0.05) is 23.4 Å². The summed E-state index contributed by atoms with van der Waals surface area (Å²) >= 11 is 0. The second-order valence-electron chi connectivity index (χ2n) is 7.47. The summed E-state index contributed by atoms with van der Waals surface area (Å²) in [5.74, 6) is -0.606. The highest BCUT2D eigenvalue weighted by Gasteiger charge is 2.38. The quantitative estimate of drug-likeness (QED) is 0.335. The van der Waals surface area contributed by atoms with Crippen molar-refractivity contribution in [3.8, 4) is 0 Å². The van der Waals surface area contributed by atoms with Gasteiger partial charge < -0.3 is 9.64 Å². The molecule has 0 aromatic heterocycles. The SMILES string of the molecule is CCOS(=O)(=O)CCC[C@H](C[N+](=O)[O-])[C@@H]1CCCN1C(=O)OC(C)(C)C. The number of nitrogens with zero attached hydrogens (tertiary/aromatic N) is 2. The first-order chi connectivity index (χ1) is 11.9. The van der Waals surface area contributed by atoms with Gasteiger partial charge in [0.2, 0.25) is 6.54 Å². The monoisotopic (exact) mass is 394 g/mol. The minimum Gasteiger partial charge on any atom is -0.444 e. The minimum absolute atomic E-state index is 0.0652. The van der Waals surface area contributed by atoms with Gasteiger partial charge in [0.1, 0.15) is 5.60 Å². The van der Waals surface area contributed by atoms with Gasteiger partial charge in [0.15, 0.2) is 0 Å². The highest BCUT2D eigenvalue weighted by Crippen LogP contribution is 2.29. The fourth-order valence-electron chi connectivity index (χ4n) is 3.19. The van der Waals surface area contributed by atoms with Crippen LogP contribution >= 0.6 is 0 Å². The van der Waals surface area contributed by atoms with Crippen LogP contribution in [0.15, 0.2) is 0 Å². The zero-order valence-corrected chi connectivity index (χ0v) is 16.8. The summed E-state index contributed by atoms with van der Waals surface area (Å²) in [6, 6.07) is -0.315. The Labute approximate surface area is 155 Å². The van der Waals surface area contributed by atoms with E-state index in [1.807, 2.05) is 0 Å². The maximum Gasteiger partial charge on any atom is 0.410 e. The average molecular weight is 394 g/mol. The van der Waals surface area contributed by atoms with Crippen LogP contribution in [-0.2, 0) is 19.0 Å². The van der Waals surface area contributed by atoms with Crippen molar-refractivity contribution in [3.05, 3.63) is 10.1 Å². The Morgan fingerprint density at radius 3 is 2.58 bits per heavy atom. The van der Waals surface area contributed by atoms with Gasteiger partial charge in [-0.3, -0.25) is 14.3 Å². The molecular formula is C16H30N2O7S. The van der Waals surface area contributed by atoms with Crippen molar-refractivity contribution in [3.63, 3.8) is 0 Å². The lowest BCUT2D eigenvalue weighted by atomic mass is 9.93. The first-order valence-electron chi connectivity index (χ1n) is 8.93. The van der Waals surface area contributed by atoms with Crippen LogP contribution in [0.3, 0.4) is 0 Å². The molecule has 1 fully saturated rings. The summed E-state index contributed by atoms with van der Waals surface area (Å²) in [6.45, 7) is 7.14. The lowest BCUT2D eigenvalue weighted by Gasteiger charge is -2.31. The number of ether oxygens (including phenoxy) is 1. The molecule has 0 saturated carbocycles. The molecule has 0 aromatic rings. The number of rotatable bonds is 9. The molecule has 9 nitrogen and oxygen atoms in total. The van der Waals surface area contributed by atoms with Gasteiger partial charge in [-0.15, -0.1) is 0 Å². The lowest BCUT2D eigenvalue weighted by Crippen LogP contribution is -2.44. The minimum atomic E-state index is -3.61. The molecule has 1 aliphatic heterocycles. The van der Waals surface area contributed by atoms with Crippen LogP contribution in [0.25, 0.3) is 0 Å². The van der Waals surface area contributed by atoms with Crippen molar-refractivity contribution in [2.75, 3.05) is 25.4 Å². The normalized spacial score (nSPS) is 19.4. The average Bonchev–Trinajstić information content (AvgIpc) is 2.93. The number of nitro groups is 1. The summed E-state index contributed by atoms with van der Waals surface area (Å²) in [5.41, 5.74) is -0.644. The maximum atomic E-state index is 12.4. The molecule has 0 spiro atoms. The Morgan fingerprint density at radius 1 is 1.38 bits per heavy atom. The first-order valence-corrected chi connectivity index (χ1v) is 10.5. The molecule has 26 heavy (non-hydrogen) atoms. The van der Waals surface area contributed by atoms with Gasteiger partial charge in [0.05, 0.1) is 12.4 Å². The molecule has 152 valence electrons. The van der Waals surface area contributed by atoms with Crippen LogP contribution in [0.2, 0.25) is 0 Å². The molecule has 10 heteroatoms. The summed E-state index contributed by atoms with van der Waals surface area (Å²) in [5, 5.41) is 11.1. The number of hydrogen-bond donors (Lipinski definition) is 0. The second-order valence-corrected chi connectivity index (χ2v) is 9.23. The molecule has 0 radical (unpaired) electrons. The van der Waals surface area contributed by atoms with Gasteiger partial charge >= 0.3 is 6.09 Å². The van der Waals surface area contributed by atoms with Crippen LogP contribution in [0.1, 0.15) is 53.4 Å². The predicted octanol–water partition coefficient (Wildman–Crippen LogP) is 2.43. The maximum absolute atomic E-state index is 12.4. The Balaban J connectivity index is 2.77. The van der Waals surface area contributed by atoms with Crippen molar-refractivity contribution in [1.82, 2.24) is 4.90 Å². The molecule has 0 unspecified atom stereocenters. The molecule has 1 aliphatic rings. The largest absolute Gasteiger partial charge is 0.444 e. The third-order valence-electron chi connectivity index (χ3n) is 4.12. The highest BCUT2D eigenvalue weighted by atomic mass is 32.2. The molecular weight excluding hydrogens is 364 g/mol. The summed E-state index contributed by atoms with van der Waals surface area (Å²) < 4.78 is 33.4. The van der Waals surface area contributed by atoms with Crippen molar-refractivity contribution >= 4 is 16.2 Å². The Morgan fingerprint density at radius 2 is 2.04 bits per heavy atom. The molecule has 1 rings (SSSR count). The van der Waals surface area contributed by atoms with Gasteiger partial charge in [0.25, 0.3) is 10.1 Å². The van der Waals surface area contributed by atoms with Crippen molar-refractivity contribution in [2.24, 2.45) is 5.92 Å². The van der Waals surface area contributed by atoms with E-state index in [0.29, 0.717) is 19.4 Å². The second kappa shape index (κ2) is 9.50. The lowest BCUT2D eigenvalue weighted by molar-refractivity contribution is -0.489. The van der Waals surface area contributed by atoms with E-state index in [1.165, 1.54) is 0 Å². The summed E-state index contributed by atoms with van der Waals surface area (Å²) in [7, 11) is -3.61. The number of amides is 1. The summed E-state index contributed by atoms with van der Waals surface area (Å²) in [6.07, 6.45) is 1.50. The molecule has 1 saturated heterocycles. The van der Waals surface area contributed by atoms with E-state index in [1.54, 1.807) is 32.6 Å². The molecule has 2 atom stereocenters. The molecule has 0 N–H and O–H groups in total. The van der Waals surface area contributed by atoms with Crippen molar-refractivity contribution < 1.29 is 27.1 Å². The van der Waals surface area contributed by atoms with Crippen LogP contribution in [0.5, 0.6) is 0 Å². The van der Waals surface area contributed by atoms with Gasteiger partial charge in [-0.05, 0) is 53.4 Å². The van der Waals surface area contributed by atoms with E-state index in [9.17, 15) is 23.3 Å². The van der Waals surface area contributed by atoms with Crippen molar-refractivity contribution in [1.29, 1.82) is 0 Å². The molecule has 0 aliphatic carbocycles. The van der Waals surface area contributed by atoms with Gasteiger partial charge in [-0.2, -0.15) is 8.42 Å². The number of hydrogen-bond acceptors (Lipinski definition) is 7. The molecule has 0 aromatic carbocycles. The number of carbonyl (C=O) groups is 1. The van der Waals surface area contributed by atoms with E-state index in [2.05, 4.69) is 4.18 Å². The van der Waals surface area contributed by atoms with Crippen molar-refractivity contribution in [2.45, 2.75) is 65.0 Å². The van der Waals surface area contributed by atoms with Gasteiger partial charge in [-0.1, -0.05) is 0 Å². The van der Waals surface area contributed by atoms with Gasteiger partial charge in [-0.25, -0.2) is 4.79 Å². The Kier molecular flexibility index (Phi) is 8.26. The fraction of sp³-hybridized carbons (Fsp3) is 0.938. The van der Waals surface area contributed by atoms with Crippen LogP contribution in [-0.4, -0.2) is 61.4 Å². The van der Waals surface area contributed by atoms with E-state index in [-0.39, 0.29) is 31.4 Å². The highest BCUT2D eigenvalue weighted by molar-refractivity contribution is 7.86. The van der Waals surface area contributed by atoms with E-state index in [4.69, 9.17) is 4.74 Å². The predicted molar refractivity (Wildman–Crippen MR) is 96.0 cm³/mol. The first kappa shape index (κ1) is 22.6. The van der Waals surface area contributed by atoms with E-state index < -0.39 is 32.7 Å². The Hall–Kier alpha value is -1.42. The Bertz CT molecular complexity index is 586. The number of carbonyl (C=O) groups excluding carboxylic acids is 1. The standard InChI is InChI=1S/C16H30N2O7S/c1-5-24-26(22,23)11-7-8-13(12-18(20)21)14-9-6-10-17(14)15(19)25-16(2,3)4/h13-14H,5-12H2,1-4H3/t13-,14+/m1/s1. The molecule has 1 amide bonds. The smallest absolute Gasteiger partial charge is 0.410 e. The molecule has 1 heterocycles. The van der Waals surface area contributed by atoms with Crippen LogP contribution in [0, 0.1) is 16.0 Å². The number of likely N-dealkylation sites (tertiary alicyclic amines) is 1. The van der Waals surface area contributed by atoms with E-state index in [0.717, 1.165) is 6.42 Å². The third kappa shape index (κ3) is 7.86. The third-order valence-corrected chi connectivity index (χ3v) is 5.51. The fourth-order valence-corrected chi connectivity index (χ4v) is 4.18. The van der Waals surface area contributed by atoms with Crippen LogP contribution < -0.4 is 0 Å². The van der Waals surface area contributed by atoms with Crippen LogP contribution in [0.4, 0.5) is 4.79 Å². The zero-order valence-electron chi connectivity index (χ0n) is 16.0. The summed E-state index contributed by atoms with van der Waals surface area (Å²) in [4.78, 5) is 24.6.